The molecular formula is C17H20N4O2S. The summed E-state index contributed by atoms with van der Waals surface area (Å²) in [6.07, 6.45) is 3.70. The van der Waals surface area contributed by atoms with Crippen LogP contribution in [0.15, 0.2) is 24.3 Å². The quantitative estimate of drug-likeness (QED) is 0.720. The fourth-order valence-electron chi connectivity index (χ4n) is 2.95. The smallest absolute Gasteiger partial charge is 0.248 e. The number of primary amides is 1. The van der Waals surface area contributed by atoms with Gasteiger partial charge >= 0.3 is 0 Å². The average molecular weight is 344 g/mol. The monoisotopic (exact) mass is 344 g/mol. The van der Waals surface area contributed by atoms with E-state index in [9.17, 15) is 9.59 Å². The maximum absolute atomic E-state index is 12.7. The summed E-state index contributed by atoms with van der Waals surface area (Å²) in [5.41, 5.74) is 12.7. The van der Waals surface area contributed by atoms with Crippen molar-refractivity contribution in [2.24, 2.45) is 5.73 Å². The highest BCUT2D eigenvalue weighted by Gasteiger charge is 2.23. The van der Waals surface area contributed by atoms with E-state index in [1.165, 1.54) is 11.3 Å². The molecule has 0 bridgehead atoms. The lowest BCUT2D eigenvalue weighted by Gasteiger charge is -2.22. The van der Waals surface area contributed by atoms with Crippen LogP contribution in [0.25, 0.3) is 10.4 Å². The predicted molar refractivity (Wildman–Crippen MR) is 95.1 cm³/mol. The van der Waals surface area contributed by atoms with Gasteiger partial charge in [-0.25, -0.2) is 4.98 Å². The fraction of sp³-hybridized carbons (Fsp3) is 0.353. The average Bonchev–Trinajstić information content (AvgIpc) is 2.98. The number of rotatable bonds is 5. The Morgan fingerprint density at radius 1 is 1.33 bits per heavy atom. The normalized spacial score (nSPS) is 17.6. The van der Waals surface area contributed by atoms with Crippen LogP contribution < -0.4 is 16.8 Å². The molecule has 1 saturated heterocycles. The molecule has 0 saturated carbocycles. The van der Waals surface area contributed by atoms with Crippen LogP contribution in [0.3, 0.4) is 0 Å². The number of aromatic nitrogens is 1. The molecule has 6 nitrogen and oxygen atoms in total. The molecule has 1 atom stereocenters. The summed E-state index contributed by atoms with van der Waals surface area (Å²) in [6.45, 7) is 0.949. The van der Waals surface area contributed by atoms with E-state index in [0.29, 0.717) is 27.7 Å². The molecule has 1 aromatic carbocycles. The van der Waals surface area contributed by atoms with Crippen molar-refractivity contribution in [3.05, 3.63) is 35.5 Å². The number of nitrogens with one attached hydrogen (secondary N) is 1. The molecule has 3 rings (SSSR count). The van der Waals surface area contributed by atoms with Gasteiger partial charge in [0, 0.05) is 18.0 Å². The highest BCUT2D eigenvalue weighted by molar-refractivity contribution is 7.19. The Morgan fingerprint density at radius 3 is 2.88 bits per heavy atom. The summed E-state index contributed by atoms with van der Waals surface area (Å²) in [5, 5.41) is 3.71. The second kappa shape index (κ2) is 7.11. The van der Waals surface area contributed by atoms with Gasteiger partial charge in [-0.3, -0.25) is 9.59 Å². The summed E-state index contributed by atoms with van der Waals surface area (Å²) in [7, 11) is 0. The van der Waals surface area contributed by atoms with E-state index in [1.807, 2.05) is 6.07 Å². The van der Waals surface area contributed by atoms with E-state index in [2.05, 4.69) is 10.3 Å². The zero-order valence-corrected chi connectivity index (χ0v) is 14.1. The third kappa shape index (κ3) is 3.63. The second-order valence-electron chi connectivity index (χ2n) is 5.95. The van der Waals surface area contributed by atoms with Crippen LogP contribution >= 0.6 is 11.3 Å². The molecule has 7 heteroatoms. The number of hydrogen-bond donors (Lipinski definition) is 3. The Balaban J connectivity index is 1.88. The van der Waals surface area contributed by atoms with Gasteiger partial charge in [0.15, 0.2) is 10.9 Å². The minimum Gasteiger partial charge on any atom is -0.375 e. The van der Waals surface area contributed by atoms with Gasteiger partial charge in [0.25, 0.3) is 0 Å². The molecule has 2 aromatic rings. The molecule has 2 heterocycles. The first-order chi connectivity index (χ1) is 11.5. The third-order valence-corrected chi connectivity index (χ3v) is 5.09. The van der Waals surface area contributed by atoms with Gasteiger partial charge in [-0.1, -0.05) is 29.9 Å². The van der Waals surface area contributed by atoms with Crippen molar-refractivity contribution in [3.63, 3.8) is 0 Å². The molecule has 0 radical (unpaired) electrons. The molecule has 1 unspecified atom stereocenters. The van der Waals surface area contributed by atoms with Crippen LogP contribution in [0.1, 0.15) is 46.5 Å². The van der Waals surface area contributed by atoms with Gasteiger partial charge in [-0.05, 0) is 37.1 Å². The lowest BCUT2D eigenvalue weighted by Crippen LogP contribution is -2.35. The van der Waals surface area contributed by atoms with E-state index in [4.69, 9.17) is 11.5 Å². The number of nitrogen functional groups attached to an aromatic ring is 1. The van der Waals surface area contributed by atoms with Crippen LogP contribution in [0.5, 0.6) is 0 Å². The number of ketones is 1. The summed E-state index contributed by atoms with van der Waals surface area (Å²) >= 11 is 1.25. The largest absolute Gasteiger partial charge is 0.375 e. The zero-order chi connectivity index (χ0) is 17.1. The molecule has 1 aliphatic rings. The number of carbonyl (C=O) groups is 2. The van der Waals surface area contributed by atoms with Crippen LogP contribution in [0.2, 0.25) is 0 Å². The molecule has 1 fully saturated rings. The van der Waals surface area contributed by atoms with Crippen molar-refractivity contribution >= 4 is 28.2 Å². The maximum atomic E-state index is 12.7. The maximum Gasteiger partial charge on any atom is 0.248 e. The van der Waals surface area contributed by atoms with E-state index >= 15 is 0 Å². The third-order valence-electron chi connectivity index (χ3n) is 4.16. The van der Waals surface area contributed by atoms with E-state index in [1.54, 1.807) is 18.2 Å². The van der Waals surface area contributed by atoms with Crippen molar-refractivity contribution in [1.82, 2.24) is 10.3 Å². The summed E-state index contributed by atoms with van der Waals surface area (Å²) in [6, 6.07) is 7.07. The van der Waals surface area contributed by atoms with Gasteiger partial charge < -0.3 is 16.8 Å². The summed E-state index contributed by atoms with van der Waals surface area (Å²) in [4.78, 5) is 29.0. The van der Waals surface area contributed by atoms with Gasteiger partial charge in [-0.2, -0.15) is 0 Å². The van der Waals surface area contributed by atoms with Crippen molar-refractivity contribution in [1.29, 1.82) is 0 Å². The van der Waals surface area contributed by atoms with Crippen LogP contribution in [0.4, 0.5) is 5.13 Å². The molecule has 5 N–H and O–H groups in total. The van der Waals surface area contributed by atoms with Crippen LogP contribution in [0, 0.1) is 0 Å². The van der Waals surface area contributed by atoms with Gasteiger partial charge in [0.2, 0.25) is 5.91 Å². The number of nitrogens with zero attached hydrogens (tertiary/aromatic N) is 1. The minimum absolute atomic E-state index is 0.0261. The SMILES string of the molecule is NC(=O)c1cccc(-c2sc(N)nc2C(=O)CC2CCCCN2)c1. The molecule has 126 valence electrons. The van der Waals surface area contributed by atoms with Crippen molar-refractivity contribution in [2.75, 3.05) is 12.3 Å². The highest BCUT2D eigenvalue weighted by atomic mass is 32.1. The first-order valence-corrected chi connectivity index (χ1v) is 8.79. The first kappa shape index (κ1) is 16.6. The second-order valence-corrected chi connectivity index (χ2v) is 6.98. The summed E-state index contributed by atoms with van der Waals surface area (Å²) < 4.78 is 0. The van der Waals surface area contributed by atoms with Gasteiger partial charge in [0.1, 0.15) is 5.69 Å². The number of anilines is 1. The first-order valence-electron chi connectivity index (χ1n) is 7.97. The Hall–Kier alpha value is -2.25. The predicted octanol–water partition coefficient (Wildman–Crippen LogP) is 2.21. The molecule has 0 aliphatic carbocycles. The molecule has 1 aliphatic heterocycles. The molecule has 24 heavy (non-hydrogen) atoms. The number of piperidine rings is 1. The number of amides is 1. The molecule has 0 spiro atoms. The number of thiazole rings is 1. The van der Waals surface area contributed by atoms with Gasteiger partial charge in [0.05, 0.1) is 4.88 Å². The number of benzene rings is 1. The molecule has 1 amide bonds. The molecular weight excluding hydrogens is 324 g/mol. The summed E-state index contributed by atoms with van der Waals surface area (Å²) in [5.74, 6) is -0.532. The van der Waals surface area contributed by atoms with Crippen molar-refractivity contribution in [3.8, 4) is 10.4 Å². The van der Waals surface area contributed by atoms with E-state index in [0.717, 1.165) is 31.4 Å². The van der Waals surface area contributed by atoms with Crippen LogP contribution in [-0.4, -0.2) is 29.3 Å². The van der Waals surface area contributed by atoms with E-state index in [-0.39, 0.29) is 11.8 Å². The number of carbonyl (C=O) groups excluding carboxylic acids is 2. The Labute approximate surface area is 144 Å². The Morgan fingerprint density at radius 2 is 2.17 bits per heavy atom. The van der Waals surface area contributed by atoms with Gasteiger partial charge in [-0.15, -0.1) is 0 Å². The van der Waals surface area contributed by atoms with E-state index < -0.39 is 5.91 Å². The Kier molecular flexibility index (Phi) is 4.92. The zero-order valence-electron chi connectivity index (χ0n) is 13.2. The lowest BCUT2D eigenvalue weighted by molar-refractivity contribution is 0.0959. The standard InChI is InChI=1S/C17H20N4O2S/c18-16(23)11-5-3-4-10(8-11)15-14(21-17(19)24-15)13(22)9-12-6-1-2-7-20-12/h3-5,8,12,20H,1-2,6-7,9H2,(H2,18,23)(H2,19,21). The van der Waals surface area contributed by atoms with Crippen molar-refractivity contribution < 1.29 is 9.59 Å². The fourth-order valence-corrected chi connectivity index (χ4v) is 3.80. The topological polar surface area (TPSA) is 111 Å². The minimum atomic E-state index is -0.506. The highest BCUT2D eigenvalue weighted by Crippen LogP contribution is 2.33. The number of hydrogen-bond acceptors (Lipinski definition) is 6. The number of nitrogens with two attached hydrogens (primary N) is 2. The number of Topliss-reactive ketones (excluding diaryl/α,β-unsaturated/α-hetero) is 1. The van der Waals surface area contributed by atoms with Crippen LogP contribution in [-0.2, 0) is 0 Å². The lowest BCUT2D eigenvalue weighted by atomic mass is 9.98. The Bertz CT molecular complexity index is 766. The van der Waals surface area contributed by atoms with Crippen molar-refractivity contribution in [2.45, 2.75) is 31.7 Å². The molecule has 1 aromatic heterocycles.